The van der Waals surface area contributed by atoms with Gasteiger partial charge in [0, 0.05) is 35.2 Å². The van der Waals surface area contributed by atoms with Crippen molar-refractivity contribution in [1.82, 2.24) is 19.4 Å². The number of hydrogen-bond donors (Lipinski definition) is 2. The second-order valence-electron chi connectivity index (χ2n) is 9.07. The van der Waals surface area contributed by atoms with E-state index in [9.17, 15) is 9.90 Å². The van der Waals surface area contributed by atoms with E-state index in [2.05, 4.69) is 17.0 Å². The van der Waals surface area contributed by atoms with E-state index in [1.807, 2.05) is 47.3 Å². The predicted octanol–water partition coefficient (Wildman–Crippen LogP) is 4.29. The number of rotatable bonds is 9. The Hall–Kier alpha value is -3.29. The molecule has 34 heavy (non-hydrogen) atoms. The summed E-state index contributed by atoms with van der Waals surface area (Å²) in [5, 5.41) is 11.8. The third kappa shape index (κ3) is 4.29. The van der Waals surface area contributed by atoms with Gasteiger partial charge < -0.3 is 15.4 Å². The first-order chi connectivity index (χ1) is 16.7. The van der Waals surface area contributed by atoms with Gasteiger partial charge in [-0.3, -0.25) is 19.7 Å². The van der Waals surface area contributed by atoms with Crippen LogP contribution in [0.2, 0.25) is 0 Å². The van der Waals surface area contributed by atoms with E-state index in [0.29, 0.717) is 13.1 Å². The summed E-state index contributed by atoms with van der Waals surface area (Å²) in [6.07, 6.45) is 8.96. The quantitative estimate of drug-likeness (QED) is 0.364. The molecule has 1 aliphatic carbocycles. The topological polar surface area (TPSA) is 97.3 Å². The number of benzene rings is 1. The van der Waals surface area contributed by atoms with Crippen molar-refractivity contribution in [2.45, 2.75) is 51.2 Å². The highest BCUT2D eigenvalue weighted by molar-refractivity contribution is 6.09. The molecule has 0 saturated heterocycles. The van der Waals surface area contributed by atoms with Crippen LogP contribution >= 0.6 is 0 Å². The lowest BCUT2D eigenvalue weighted by Gasteiger charge is -2.35. The molecule has 1 aromatic carbocycles. The van der Waals surface area contributed by atoms with Crippen LogP contribution in [0.15, 0.2) is 54.9 Å². The van der Waals surface area contributed by atoms with Crippen molar-refractivity contribution in [3.05, 3.63) is 71.8 Å². The zero-order chi connectivity index (χ0) is 23.5. The molecule has 7 heteroatoms. The number of para-hydroxylation sites is 1. The van der Waals surface area contributed by atoms with Gasteiger partial charge in [0.05, 0.1) is 22.9 Å². The summed E-state index contributed by atoms with van der Waals surface area (Å²) in [7, 11) is 0. The predicted molar refractivity (Wildman–Crippen MR) is 133 cm³/mol. The number of carboxylic acids is 1. The summed E-state index contributed by atoms with van der Waals surface area (Å²) in [6.45, 7) is 2.12. The number of nitrogens with two attached hydrogens (primary N) is 1. The van der Waals surface area contributed by atoms with Gasteiger partial charge in [-0.05, 0) is 69.0 Å². The molecule has 5 rings (SSSR count). The van der Waals surface area contributed by atoms with Crippen LogP contribution in [0.1, 0.15) is 48.7 Å². The van der Waals surface area contributed by atoms with Crippen molar-refractivity contribution in [3.63, 3.8) is 0 Å². The molecule has 7 nitrogen and oxygen atoms in total. The zero-order valence-corrected chi connectivity index (χ0v) is 19.4. The molecule has 4 aromatic rings. The molecular weight excluding hydrogens is 426 g/mol. The van der Waals surface area contributed by atoms with Crippen LogP contribution in [-0.2, 0) is 24.3 Å². The monoisotopic (exact) mass is 457 g/mol. The van der Waals surface area contributed by atoms with Crippen LogP contribution in [0.5, 0.6) is 0 Å². The first kappa shape index (κ1) is 22.5. The lowest BCUT2D eigenvalue weighted by Crippen LogP contribution is -2.33. The summed E-state index contributed by atoms with van der Waals surface area (Å²) >= 11 is 0. The zero-order valence-electron chi connectivity index (χ0n) is 19.4. The molecule has 0 fully saturated rings. The third-order valence-corrected chi connectivity index (χ3v) is 6.91. The SMILES string of the molecule is NCCCCN(Cc1nccc2c3ccccc3n(CC(=O)O)c12)C1CCCc2cccnc21. The summed E-state index contributed by atoms with van der Waals surface area (Å²) in [4.78, 5) is 23.8. The minimum Gasteiger partial charge on any atom is -0.480 e. The van der Waals surface area contributed by atoms with Gasteiger partial charge >= 0.3 is 5.97 Å². The van der Waals surface area contributed by atoms with Gasteiger partial charge in [0.1, 0.15) is 6.54 Å². The van der Waals surface area contributed by atoms with Gasteiger partial charge in [-0.1, -0.05) is 24.3 Å². The van der Waals surface area contributed by atoms with E-state index in [1.165, 1.54) is 11.3 Å². The maximum absolute atomic E-state index is 11.8. The number of aromatic nitrogens is 3. The van der Waals surface area contributed by atoms with Crippen LogP contribution in [0, 0.1) is 0 Å². The molecule has 1 atom stereocenters. The number of aryl methyl sites for hydroxylation is 1. The lowest BCUT2D eigenvalue weighted by molar-refractivity contribution is -0.137. The molecule has 3 heterocycles. The minimum atomic E-state index is -0.859. The second kappa shape index (κ2) is 9.91. The largest absolute Gasteiger partial charge is 0.480 e. The highest BCUT2D eigenvalue weighted by atomic mass is 16.4. The van der Waals surface area contributed by atoms with Crippen LogP contribution in [0.4, 0.5) is 0 Å². The average molecular weight is 458 g/mol. The van der Waals surface area contributed by atoms with Crippen molar-refractivity contribution >= 4 is 27.8 Å². The maximum atomic E-state index is 11.8. The number of aliphatic carboxylic acids is 1. The van der Waals surface area contributed by atoms with E-state index in [1.54, 1.807) is 0 Å². The molecule has 3 N–H and O–H groups in total. The summed E-state index contributed by atoms with van der Waals surface area (Å²) < 4.78 is 1.90. The fraction of sp³-hybridized carbons (Fsp3) is 0.370. The van der Waals surface area contributed by atoms with Crippen LogP contribution in [0.3, 0.4) is 0 Å². The van der Waals surface area contributed by atoms with Crippen molar-refractivity contribution < 1.29 is 9.90 Å². The first-order valence-electron chi connectivity index (χ1n) is 12.1. The minimum absolute atomic E-state index is 0.0936. The Bertz CT molecular complexity index is 1320. The Morgan fingerprint density at radius 1 is 1.09 bits per heavy atom. The van der Waals surface area contributed by atoms with Gasteiger partial charge in [0.15, 0.2) is 0 Å². The molecule has 1 aliphatic rings. The van der Waals surface area contributed by atoms with Crippen molar-refractivity contribution in [1.29, 1.82) is 0 Å². The molecule has 0 bridgehead atoms. The smallest absolute Gasteiger partial charge is 0.323 e. The Morgan fingerprint density at radius 2 is 1.97 bits per heavy atom. The lowest BCUT2D eigenvalue weighted by atomic mass is 9.90. The van der Waals surface area contributed by atoms with Crippen molar-refractivity contribution in [2.75, 3.05) is 13.1 Å². The van der Waals surface area contributed by atoms with Crippen LogP contribution < -0.4 is 5.73 Å². The van der Waals surface area contributed by atoms with Crippen molar-refractivity contribution in [3.8, 4) is 0 Å². The molecule has 0 saturated carbocycles. The third-order valence-electron chi connectivity index (χ3n) is 6.91. The van der Waals surface area contributed by atoms with Crippen LogP contribution in [0.25, 0.3) is 21.8 Å². The molecule has 1 unspecified atom stereocenters. The number of nitrogens with zero attached hydrogens (tertiary/aromatic N) is 4. The van der Waals surface area contributed by atoms with E-state index < -0.39 is 5.97 Å². The Morgan fingerprint density at radius 3 is 2.82 bits per heavy atom. The Balaban J connectivity index is 1.60. The van der Waals surface area contributed by atoms with E-state index in [-0.39, 0.29) is 12.6 Å². The molecule has 0 radical (unpaired) electrons. The molecule has 3 aromatic heterocycles. The fourth-order valence-electron chi connectivity index (χ4n) is 5.43. The fourth-order valence-corrected chi connectivity index (χ4v) is 5.43. The molecule has 0 spiro atoms. The Labute approximate surface area is 199 Å². The summed E-state index contributed by atoms with van der Waals surface area (Å²) in [6, 6.07) is 14.4. The highest BCUT2D eigenvalue weighted by Crippen LogP contribution is 2.36. The number of unbranched alkanes of at least 4 members (excludes halogenated alkanes) is 1. The number of fused-ring (bicyclic) bond motifs is 4. The molecule has 176 valence electrons. The highest BCUT2D eigenvalue weighted by Gasteiger charge is 2.28. The maximum Gasteiger partial charge on any atom is 0.323 e. The van der Waals surface area contributed by atoms with Gasteiger partial charge in [-0.2, -0.15) is 0 Å². The normalized spacial score (nSPS) is 15.8. The number of hydrogen-bond acceptors (Lipinski definition) is 5. The summed E-state index contributed by atoms with van der Waals surface area (Å²) in [5.74, 6) is -0.859. The van der Waals surface area contributed by atoms with E-state index >= 15 is 0 Å². The number of pyridine rings is 2. The second-order valence-corrected chi connectivity index (χ2v) is 9.07. The number of carboxylic acid groups (broad SMARTS) is 1. The van der Waals surface area contributed by atoms with Gasteiger partial charge in [0.25, 0.3) is 0 Å². The number of carbonyl (C=O) groups is 1. The molecule has 0 aliphatic heterocycles. The first-order valence-corrected chi connectivity index (χ1v) is 12.1. The van der Waals surface area contributed by atoms with Gasteiger partial charge in [0.2, 0.25) is 0 Å². The van der Waals surface area contributed by atoms with Gasteiger partial charge in [-0.25, -0.2) is 0 Å². The van der Waals surface area contributed by atoms with E-state index in [4.69, 9.17) is 15.7 Å². The summed E-state index contributed by atoms with van der Waals surface area (Å²) in [5.41, 5.74) is 11.0. The van der Waals surface area contributed by atoms with Gasteiger partial charge in [-0.15, -0.1) is 0 Å². The van der Waals surface area contributed by atoms with E-state index in [0.717, 1.165) is 66.1 Å². The van der Waals surface area contributed by atoms with Crippen LogP contribution in [-0.4, -0.2) is 43.6 Å². The van der Waals surface area contributed by atoms with Crippen molar-refractivity contribution in [2.24, 2.45) is 5.73 Å². The molecule has 0 amide bonds. The average Bonchev–Trinajstić information content (AvgIpc) is 3.17. The Kier molecular flexibility index (Phi) is 6.56. The standard InChI is InChI=1S/C27H31N5O2/c28-13-3-4-16-31(24-11-5-7-19-8-6-14-30-26(19)24)17-22-27-21(12-15-29-22)20-9-1-2-10-23(20)32(27)18-25(33)34/h1-2,6,8-10,12,14-15,24H,3-5,7,11,13,16-18,28H2,(H,33,34). The molecular formula is C27H31N5O2.